The second-order valence-corrected chi connectivity index (χ2v) is 4.76. The quantitative estimate of drug-likeness (QED) is 0.551. The first kappa shape index (κ1) is 17.4. The number of aliphatic hydroxyl groups excluding tert-OH is 1. The summed E-state index contributed by atoms with van der Waals surface area (Å²) in [6, 6.07) is 6.85. The summed E-state index contributed by atoms with van der Waals surface area (Å²) in [4.78, 5) is 34.5. The highest BCUT2D eigenvalue weighted by Gasteiger charge is 2.24. The number of amides is 2. The van der Waals surface area contributed by atoms with E-state index < -0.39 is 36.7 Å². The van der Waals surface area contributed by atoms with E-state index in [1.54, 1.807) is 30.3 Å². The van der Waals surface area contributed by atoms with Gasteiger partial charge in [-0.15, -0.1) is 0 Å². The first-order valence-corrected chi connectivity index (χ1v) is 6.50. The molecule has 1 rings (SSSR count). The zero-order valence-corrected chi connectivity index (χ0v) is 12.0. The number of likely N-dealkylation sites (N-methyl/N-ethyl adjacent to an activating group) is 1. The van der Waals surface area contributed by atoms with Gasteiger partial charge in [-0.2, -0.15) is 0 Å². The molecular weight excluding hydrogens is 292 g/mol. The van der Waals surface area contributed by atoms with Crippen molar-refractivity contribution < 1.29 is 29.7 Å². The van der Waals surface area contributed by atoms with E-state index in [9.17, 15) is 19.5 Å². The summed E-state index contributed by atoms with van der Waals surface area (Å²) < 4.78 is 0. The molecule has 0 heterocycles. The lowest BCUT2D eigenvalue weighted by atomic mass is 10.1. The van der Waals surface area contributed by atoms with Gasteiger partial charge in [-0.1, -0.05) is 30.3 Å². The highest BCUT2D eigenvalue weighted by molar-refractivity contribution is 5.83. The van der Waals surface area contributed by atoms with Crippen LogP contribution in [0.4, 0.5) is 4.79 Å². The lowest BCUT2D eigenvalue weighted by Gasteiger charge is -2.22. The molecule has 1 unspecified atom stereocenters. The fourth-order valence-corrected chi connectivity index (χ4v) is 1.73. The number of urea groups is 1. The number of nitrogens with zero attached hydrogens (tertiary/aromatic N) is 1. The second kappa shape index (κ2) is 7.99. The molecule has 0 aliphatic rings. The predicted octanol–water partition coefficient (Wildman–Crippen LogP) is -0.231. The van der Waals surface area contributed by atoms with E-state index in [0.717, 1.165) is 10.5 Å². The van der Waals surface area contributed by atoms with Crippen LogP contribution in [0.15, 0.2) is 30.3 Å². The van der Waals surface area contributed by atoms with Crippen molar-refractivity contribution in [2.24, 2.45) is 0 Å². The molecule has 0 radical (unpaired) electrons. The fraction of sp³-hybridized carbons (Fsp3) is 0.357. The van der Waals surface area contributed by atoms with E-state index in [1.807, 2.05) is 0 Å². The van der Waals surface area contributed by atoms with Crippen molar-refractivity contribution >= 4 is 18.0 Å². The molecule has 8 heteroatoms. The van der Waals surface area contributed by atoms with Crippen LogP contribution in [0.3, 0.4) is 0 Å². The van der Waals surface area contributed by atoms with Crippen LogP contribution in [0, 0.1) is 0 Å². The van der Waals surface area contributed by atoms with Crippen LogP contribution >= 0.6 is 0 Å². The van der Waals surface area contributed by atoms with Gasteiger partial charge in [-0.25, -0.2) is 14.4 Å². The lowest BCUT2D eigenvalue weighted by Crippen LogP contribution is -2.50. The number of nitrogens with one attached hydrogen (secondary N) is 1. The Morgan fingerprint density at radius 2 is 1.73 bits per heavy atom. The monoisotopic (exact) mass is 310 g/mol. The van der Waals surface area contributed by atoms with Gasteiger partial charge in [0.25, 0.3) is 0 Å². The number of carboxylic acid groups (broad SMARTS) is 2. The number of carboxylic acids is 2. The van der Waals surface area contributed by atoms with Crippen LogP contribution in [0.5, 0.6) is 0 Å². The van der Waals surface area contributed by atoms with Gasteiger partial charge in [-0.3, -0.25) is 0 Å². The summed E-state index contributed by atoms with van der Waals surface area (Å²) in [5.41, 5.74) is 0.739. The number of rotatable bonds is 7. The molecule has 0 aliphatic heterocycles. The molecule has 1 aromatic rings. The zero-order chi connectivity index (χ0) is 16.7. The van der Waals surface area contributed by atoms with Crippen molar-refractivity contribution in [3.8, 4) is 0 Å². The largest absolute Gasteiger partial charge is 0.480 e. The van der Waals surface area contributed by atoms with Crippen LogP contribution in [0.1, 0.15) is 5.56 Å². The maximum atomic E-state index is 11.9. The minimum atomic E-state index is -1.73. The summed E-state index contributed by atoms with van der Waals surface area (Å²) in [6.07, 6.45) is -1.63. The van der Waals surface area contributed by atoms with Gasteiger partial charge in [0, 0.05) is 13.5 Å². The maximum absolute atomic E-state index is 11.9. The topological polar surface area (TPSA) is 127 Å². The molecule has 0 fully saturated rings. The maximum Gasteiger partial charge on any atom is 0.334 e. The molecule has 120 valence electrons. The molecule has 0 saturated heterocycles. The molecule has 0 spiro atoms. The zero-order valence-electron chi connectivity index (χ0n) is 12.0. The Morgan fingerprint density at radius 1 is 1.14 bits per heavy atom. The summed E-state index contributed by atoms with van der Waals surface area (Å²) in [5.74, 6) is -2.66. The molecule has 2 amide bonds. The Morgan fingerprint density at radius 3 is 2.23 bits per heavy atom. The first-order valence-electron chi connectivity index (χ1n) is 6.50. The Balaban J connectivity index is 2.64. The first-order chi connectivity index (χ1) is 10.3. The van der Waals surface area contributed by atoms with Gasteiger partial charge in [-0.05, 0) is 5.56 Å². The minimum absolute atomic E-state index is 0.0945. The van der Waals surface area contributed by atoms with E-state index >= 15 is 0 Å². The molecule has 0 aromatic heterocycles. The smallest absolute Gasteiger partial charge is 0.334 e. The van der Waals surface area contributed by atoms with Gasteiger partial charge >= 0.3 is 18.0 Å². The molecule has 4 N–H and O–H groups in total. The van der Waals surface area contributed by atoms with E-state index in [4.69, 9.17) is 10.2 Å². The van der Waals surface area contributed by atoms with Crippen molar-refractivity contribution in [2.75, 3.05) is 13.6 Å². The third-order valence-electron chi connectivity index (χ3n) is 2.96. The van der Waals surface area contributed by atoms with E-state index in [1.165, 1.54) is 7.05 Å². The van der Waals surface area contributed by atoms with Crippen molar-refractivity contribution in [1.29, 1.82) is 0 Å². The van der Waals surface area contributed by atoms with E-state index in [2.05, 4.69) is 5.32 Å². The van der Waals surface area contributed by atoms with Crippen LogP contribution < -0.4 is 5.32 Å². The Hall–Kier alpha value is -2.61. The molecule has 0 aliphatic carbocycles. The molecule has 8 nitrogen and oxygen atoms in total. The van der Waals surface area contributed by atoms with Gasteiger partial charge in [0.1, 0.15) is 6.04 Å². The average Bonchev–Trinajstić information content (AvgIpc) is 2.47. The SMILES string of the molecule is CN(CC(O)C(=O)O)C(=O)N[C@@H](Cc1ccccc1)C(=O)O. The highest BCUT2D eigenvalue weighted by atomic mass is 16.4. The highest BCUT2D eigenvalue weighted by Crippen LogP contribution is 2.04. The number of benzene rings is 1. The standard InChI is InChI=1S/C14H18N2O6/c1-16(8-11(17)13(20)21)14(22)15-10(12(18)19)7-9-5-3-2-4-6-9/h2-6,10-11,17H,7-8H2,1H3,(H,15,22)(H,18,19)(H,20,21)/t10-,11?/m0/s1. The second-order valence-electron chi connectivity index (χ2n) is 4.76. The van der Waals surface area contributed by atoms with Gasteiger partial charge < -0.3 is 25.5 Å². The van der Waals surface area contributed by atoms with Gasteiger partial charge in [0.15, 0.2) is 6.10 Å². The number of carbonyl (C=O) groups excluding carboxylic acids is 1. The average molecular weight is 310 g/mol. The summed E-state index contributed by atoms with van der Waals surface area (Å²) in [5, 5.41) is 29.2. The minimum Gasteiger partial charge on any atom is -0.480 e. The molecular formula is C14H18N2O6. The van der Waals surface area contributed by atoms with Crippen molar-refractivity contribution in [3.63, 3.8) is 0 Å². The summed E-state index contributed by atoms with van der Waals surface area (Å²) in [7, 11) is 1.27. The number of hydrogen-bond acceptors (Lipinski definition) is 4. The number of carbonyl (C=O) groups is 3. The third-order valence-corrected chi connectivity index (χ3v) is 2.96. The Bertz CT molecular complexity index is 533. The normalized spacial score (nSPS) is 13.0. The summed E-state index contributed by atoms with van der Waals surface area (Å²) >= 11 is 0. The van der Waals surface area contributed by atoms with Crippen LogP contribution in [0.2, 0.25) is 0 Å². The van der Waals surface area contributed by atoms with Crippen LogP contribution in [-0.4, -0.2) is 63.9 Å². The molecule has 2 atom stereocenters. The van der Waals surface area contributed by atoms with Crippen molar-refractivity contribution in [1.82, 2.24) is 10.2 Å². The van der Waals surface area contributed by atoms with Crippen molar-refractivity contribution in [3.05, 3.63) is 35.9 Å². The van der Waals surface area contributed by atoms with E-state index in [-0.39, 0.29) is 6.42 Å². The molecule has 1 aromatic carbocycles. The molecule has 22 heavy (non-hydrogen) atoms. The van der Waals surface area contributed by atoms with Crippen LogP contribution in [0.25, 0.3) is 0 Å². The Kier molecular flexibility index (Phi) is 6.33. The van der Waals surface area contributed by atoms with E-state index in [0.29, 0.717) is 0 Å². The molecule has 0 bridgehead atoms. The van der Waals surface area contributed by atoms with Gasteiger partial charge in [0.05, 0.1) is 6.54 Å². The predicted molar refractivity (Wildman–Crippen MR) is 76.4 cm³/mol. The number of hydrogen-bond donors (Lipinski definition) is 4. The molecule has 0 saturated carbocycles. The van der Waals surface area contributed by atoms with Gasteiger partial charge in [0.2, 0.25) is 0 Å². The van der Waals surface area contributed by atoms with Crippen molar-refractivity contribution in [2.45, 2.75) is 18.6 Å². The van der Waals surface area contributed by atoms with Crippen LogP contribution in [-0.2, 0) is 16.0 Å². The summed E-state index contributed by atoms with van der Waals surface area (Å²) in [6.45, 7) is -0.446. The fourth-order valence-electron chi connectivity index (χ4n) is 1.73. The third kappa shape index (κ3) is 5.41. The number of aliphatic hydroxyl groups is 1. The number of aliphatic carboxylic acids is 2. The Labute approximate surface area is 127 Å². The lowest BCUT2D eigenvalue weighted by molar-refractivity contribution is -0.147.